The maximum Gasteiger partial charge on any atom is 0.0761 e. The summed E-state index contributed by atoms with van der Waals surface area (Å²) >= 11 is 14.1. The van der Waals surface area contributed by atoms with E-state index in [-0.39, 0.29) is 6.04 Å². The molecule has 2 aromatic heterocycles. The number of fused-ring (bicyclic) bond motifs is 1. The van der Waals surface area contributed by atoms with Gasteiger partial charge < -0.3 is 5.73 Å². The fourth-order valence-corrected chi connectivity index (χ4v) is 6.60. The third kappa shape index (κ3) is 2.59. The Hall–Kier alpha value is 0.280. The van der Waals surface area contributed by atoms with Crippen LogP contribution in [0.25, 0.3) is 10.1 Å². The van der Waals surface area contributed by atoms with Gasteiger partial charge in [-0.05, 0) is 81.8 Å². The summed E-state index contributed by atoms with van der Waals surface area (Å²) in [5, 5.41) is 3.37. The Morgan fingerprint density at radius 2 is 1.89 bits per heavy atom. The highest BCUT2D eigenvalue weighted by Gasteiger charge is 2.19. The molecule has 0 bridgehead atoms. The van der Waals surface area contributed by atoms with E-state index in [1.54, 1.807) is 22.7 Å². The number of benzene rings is 1. The third-order valence-corrected chi connectivity index (χ3v) is 7.29. The zero-order valence-electron chi connectivity index (χ0n) is 9.49. The predicted molar refractivity (Wildman–Crippen MR) is 95.3 cm³/mol. The van der Waals surface area contributed by atoms with Gasteiger partial charge in [0.1, 0.15) is 0 Å². The van der Waals surface area contributed by atoms with Gasteiger partial charge in [-0.15, -0.1) is 22.7 Å². The maximum absolute atomic E-state index is 6.44. The lowest BCUT2D eigenvalue weighted by Crippen LogP contribution is -2.10. The van der Waals surface area contributed by atoms with Crippen LogP contribution in [0.3, 0.4) is 0 Å². The first-order valence-electron chi connectivity index (χ1n) is 5.44. The molecule has 0 aliphatic rings. The average molecular weight is 482 g/mol. The largest absolute Gasteiger partial charge is 0.320 e. The van der Waals surface area contributed by atoms with Gasteiger partial charge in [0.25, 0.3) is 0 Å². The summed E-state index contributed by atoms with van der Waals surface area (Å²) in [7, 11) is 0. The van der Waals surface area contributed by atoms with Crippen LogP contribution in [0.15, 0.2) is 41.7 Å². The fraction of sp³-hybridized carbons (Fsp3) is 0.0769. The summed E-state index contributed by atoms with van der Waals surface area (Å²) < 4.78 is 4.55. The number of hydrogen-bond acceptors (Lipinski definition) is 3. The van der Waals surface area contributed by atoms with Crippen molar-refractivity contribution < 1.29 is 0 Å². The summed E-state index contributed by atoms with van der Waals surface area (Å²) in [6, 6.07) is 8.21. The monoisotopic (exact) mass is 479 g/mol. The van der Waals surface area contributed by atoms with Crippen molar-refractivity contribution in [1.29, 1.82) is 0 Å². The maximum atomic E-state index is 6.44. The van der Waals surface area contributed by atoms with Crippen molar-refractivity contribution in [2.75, 3.05) is 0 Å². The molecule has 0 saturated heterocycles. The van der Waals surface area contributed by atoms with E-state index in [0.717, 1.165) is 17.6 Å². The van der Waals surface area contributed by atoms with E-state index in [1.165, 1.54) is 15.6 Å². The molecule has 98 valence electrons. The van der Waals surface area contributed by atoms with Gasteiger partial charge in [-0.1, -0.05) is 12.1 Å². The summed E-state index contributed by atoms with van der Waals surface area (Å²) in [5.74, 6) is 0. The number of nitrogens with two attached hydrogens (primary N) is 1. The third-order valence-electron chi connectivity index (χ3n) is 2.93. The molecule has 0 aliphatic heterocycles. The lowest BCUT2D eigenvalue weighted by atomic mass is 10.0. The zero-order valence-corrected chi connectivity index (χ0v) is 15.9. The molecule has 0 spiro atoms. The molecular formula is C13H8Br3NS2. The standard InChI is InChI=1S/C13H8Br3NS2/c14-9-3-1-2-6-8(5-18-12(6)9)11(17)7-4-10(15)19-13(7)16/h1-5,11H,17H2. The van der Waals surface area contributed by atoms with Crippen LogP contribution >= 0.6 is 70.5 Å². The normalized spacial score (nSPS) is 13.1. The van der Waals surface area contributed by atoms with Gasteiger partial charge in [0.05, 0.1) is 13.6 Å². The second-order valence-corrected chi connectivity index (χ2v) is 9.55. The van der Waals surface area contributed by atoms with Crippen molar-refractivity contribution in [3.63, 3.8) is 0 Å². The van der Waals surface area contributed by atoms with Crippen molar-refractivity contribution in [2.24, 2.45) is 5.73 Å². The molecule has 3 rings (SSSR count). The molecule has 19 heavy (non-hydrogen) atoms. The van der Waals surface area contributed by atoms with Gasteiger partial charge in [0, 0.05) is 9.17 Å². The number of thiophene rings is 2. The van der Waals surface area contributed by atoms with E-state index in [2.05, 4.69) is 71.4 Å². The van der Waals surface area contributed by atoms with Gasteiger partial charge >= 0.3 is 0 Å². The molecule has 2 N–H and O–H groups in total. The highest BCUT2D eigenvalue weighted by Crippen LogP contribution is 2.41. The van der Waals surface area contributed by atoms with Crippen LogP contribution in [0.1, 0.15) is 17.2 Å². The molecule has 1 unspecified atom stereocenters. The first kappa shape index (κ1) is 14.2. The summed E-state index contributed by atoms with van der Waals surface area (Å²) in [6.45, 7) is 0. The topological polar surface area (TPSA) is 26.0 Å². The van der Waals surface area contributed by atoms with E-state index < -0.39 is 0 Å². The molecule has 1 aromatic carbocycles. The van der Waals surface area contributed by atoms with Gasteiger partial charge in [-0.2, -0.15) is 0 Å². The summed E-state index contributed by atoms with van der Waals surface area (Å²) in [4.78, 5) is 0. The molecule has 6 heteroatoms. The Labute approximate surface area is 144 Å². The van der Waals surface area contributed by atoms with Crippen LogP contribution in [0, 0.1) is 0 Å². The first-order valence-corrected chi connectivity index (χ1v) is 9.51. The Kier molecular flexibility index (Phi) is 4.18. The molecular weight excluding hydrogens is 474 g/mol. The fourth-order valence-electron chi connectivity index (χ4n) is 2.02. The summed E-state index contributed by atoms with van der Waals surface area (Å²) in [6.07, 6.45) is 0. The van der Waals surface area contributed by atoms with Crippen LogP contribution in [0.5, 0.6) is 0 Å². The van der Waals surface area contributed by atoms with E-state index >= 15 is 0 Å². The number of rotatable bonds is 2. The lowest BCUT2D eigenvalue weighted by molar-refractivity contribution is 0.885. The highest BCUT2D eigenvalue weighted by molar-refractivity contribution is 9.12. The van der Waals surface area contributed by atoms with Crippen molar-refractivity contribution >= 4 is 80.5 Å². The molecule has 0 aliphatic carbocycles. The Morgan fingerprint density at radius 1 is 1.11 bits per heavy atom. The van der Waals surface area contributed by atoms with Gasteiger partial charge in [-0.3, -0.25) is 0 Å². The van der Waals surface area contributed by atoms with Crippen molar-refractivity contribution in [2.45, 2.75) is 6.04 Å². The van der Waals surface area contributed by atoms with E-state index in [4.69, 9.17) is 5.73 Å². The minimum atomic E-state index is -0.111. The van der Waals surface area contributed by atoms with Gasteiger partial charge in [0.2, 0.25) is 0 Å². The van der Waals surface area contributed by atoms with Crippen molar-refractivity contribution in [3.05, 3.63) is 52.8 Å². The zero-order chi connectivity index (χ0) is 13.6. The van der Waals surface area contributed by atoms with E-state index in [0.29, 0.717) is 0 Å². The highest BCUT2D eigenvalue weighted by atomic mass is 79.9. The molecule has 1 nitrogen and oxygen atoms in total. The predicted octanol–water partition coefficient (Wildman–Crippen LogP) is 6.30. The minimum Gasteiger partial charge on any atom is -0.320 e. The average Bonchev–Trinajstić information content (AvgIpc) is 2.93. The van der Waals surface area contributed by atoms with Crippen LogP contribution in [0.4, 0.5) is 0 Å². The van der Waals surface area contributed by atoms with Crippen LogP contribution in [0.2, 0.25) is 0 Å². The van der Waals surface area contributed by atoms with Crippen LogP contribution < -0.4 is 5.73 Å². The second-order valence-electron chi connectivity index (χ2n) is 4.06. The van der Waals surface area contributed by atoms with E-state index in [1.807, 2.05) is 6.07 Å². The van der Waals surface area contributed by atoms with Gasteiger partial charge in [0.15, 0.2) is 0 Å². The molecule has 0 fully saturated rings. The SMILES string of the molecule is NC(c1cc(Br)sc1Br)c1csc2c(Br)cccc12. The van der Waals surface area contributed by atoms with E-state index in [9.17, 15) is 0 Å². The van der Waals surface area contributed by atoms with Crippen molar-refractivity contribution in [1.82, 2.24) is 0 Å². The van der Waals surface area contributed by atoms with Gasteiger partial charge in [-0.25, -0.2) is 0 Å². The number of halogens is 3. The quantitative estimate of drug-likeness (QED) is 0.456. The minimum absolute atomic E-state index is 0.111. The Morgan fingerprint density at radius 3 is 2.58 bits per heavy atom. The lowest BCUT2D eigenvalue weighted by Gasteiger charge is -2.10. The smallest absolute Gasteiger partial charge is 0.0761 e. The molecule has 0 amide bonds. The van der Waals surface area contributed by atoms with Crippen molar-refractivity contribution in [3.8, 4) is 0 Å². The van der Waals surface area contributed by atoms with Crippen LogP contribution in [-0.2, 0) is 0 Å². The summed E-state index contributed by atoms with van der Waals surface area (Å²) in [5.41, 5.74) is 8.73. The number of hydrogen-bond donors (Lipinski definition) is 1. The molecule has 2 heterocycles. The second kappa shape index (κ2) is 5.58. The molecule has 0 radical (unpaired) electrons. The molecule has 1 atom stereocenters. The Balaban J connectivity index is 2.14. The first-order chi connectivity index (χ1) is 9.08. The van der Waals surface area contributed by atoms with Crippen LogP contribution in [-0.4, -0.2) is 0 Å². The molecule has 0 saturated carbocycles. The Bertz CT molecular complexity index is 748. The molecule has 3 aromatic rings.